The van der Waals surface area contributed by atoms with E-state index in [1.54, 1.807) is 16.0 Å². The highest BCUT2D eigenvalue weighted by Gasteiger charge is 2.23. The topological polar surface area (TPSA) is 38.1 Å². The molecule has 0 N–H and O–H groups in total. The average molecular weight is 388 g/mol. The molecule has 0 atom stereocenters. The molecule has 6 heteroatoms. The second-order valence-electron chi connectivity index (χ2n) is 6.05. The molecule has 0 aliphatic heterocycles. The van der Waals surface area contributed by atoms with Gasteiger partial charge in [0.1, 0.15) is 11.4 Å². The smallest absolute Gasteiger partial charge is 0.272 e. The summed E-state index contributed by atoms with van der Waals surface area (Å²) in [5.74, 6) is -0.0103. The number of hydrogen-bond acceptors (Lipinski definition) is 3. The SMILES string of the molecule is CCCN(CCC)C(=O)c1cc(-c2cccs2)nn1-c1ccccc1Cl. The molecule has 4 nitrogen and oxygen atoms in total. The predicted molar refractivity (Wildman–Crippen MR) is 108 cm³/mol. The van der Waals surface area contributed by atoms with Gasteiger partial charge < -0.3 is 4.90 Å². The van der Waals surface area contributed by atoms with Crippen LogP contribution < -0.4 is 0 Å². The Morgan fingerprint density at radius 1 is 1.15 bits per heavy atom. The van der Waals surface area contributed by atoms with Gasteiger partial charge in [-0.2, -0.15) is 5.10 Å². The van der Waals surface area contributed by atoms with Crippen molar-refractivity contribution in [2.24, 2.45) is 0 Å². The van der Waals surface area contributed by atoms with E-state index in [1.165, 1.54) is 0 Å². The molecule has 0 aliphatic rings. The molecule has 0 aliphatic carbocycles. The molecule has 0 fully saturated rings. The highest BCUT2D eigenvalue weighted by Crippen LogP contribution is 2.28. The van der Waals surface area contributed by atoms with Gasteiger partial charge in [-0.3, -0.25) is 4.79 Å². The standard InChI is InChI=1S/C20H22ClN3OS/c1-3-11-23(12-4-2)20(25)18-14-16(19-10-7-13-26-19)22-24(18)17-9-6-5-8-15(17)21/h5-10,13-14H,3-4,11-12H2,1-2H3. The number of rotatable bonds is 7. The van der Waals surface area contributed by atoms with E-state index in [0.29, 0.717) is 16.4 Å². The highest BCUT2D eigenvalue weighted by molar-refractivity contribution is 7.13. The van der Waals surface area contributed by atoms with Crippen LogP contribution in [0.1, 0.15) is 37.2 Å². The van der Waals surface area contributed by atoms with Crippen molar-refractivity contribution in [3.63, 3.8) is 0 Å². The third-order valence-corrected chi connectivity index (χ3v) is 5.27. The molecule has 136 valence electrons. The first-order valence-corrected chi connectivity index (χ1v) is 10.1. The molecule has 0 spiro atoms. The van der Waals surface area contributed by atoms with Crippen LogP contribution in [0.5, 0.6) is 0 Å². The number of benzene rings is 1. The molecular weight excluding hydrogens is 366 g/mol. The summed E-state index contributed by atoms with van der Waals surface area (Å²) in [7, 11) is 0. The summed E-state index contributed by atoms with van der Waals surface area (Å²) in [6.07, 6.45) is 1.84. The number of aromatic nitrogens is 2. The van der Waals surface area contributed by atoms with E-state index >= 15 is 0 Å². The van der Waals surface area contributed by atoms with Gasteiger partial charge >= 0.3 is 0 Å². The maximum atomic E-state index is 13.2. The largest absolute Gasteiger partial charge is 0.337 e. The molecule has 1 aromatic carbocycles. The fourth-order valence-corrected chi connectivity index (χ4v) is 3.80. The van der Waals surface area contributed by atoms with Gasteiger partial charge in [0.15, 0.2) is 0 Å². The van der Waals surface area contributed by atoms with Crippen molar-refractivity contribution >= 4 is 28.8 Å². The average Bonchev–Trinajstić information content (AvgIpc) is 3.31. The Hall–Kier alpha value is -2.11. The third kappa shape index (κ3) is 3.84. The molecule has 0 bridgehead atoms. The number of para-hydroxylation sites is 1. The molecule has 1 amide bonds. The number of carbonyl (C=O) groups is 1. The molecular formula is C20H22ClN3OS. The van der Waals surface area contributed by atoms with Crippen molar-refractivity contribution in [2.75, 3.05) is 13.1 Å². The molecule has 0 unspecified atom stereocenters. The number of halogens is 1. The molecule has 26 heavy (non-hydrogen) atoms. The van der Waals surface area contributed by atoms with Crippen LogP contribution in [0.4, 0.5) is 0 Å². The summed E-state index contributed by atoms with van der Waals surface area (Å²) in [5, 5.41) is 7.28. The Morgan fingerprint density at radius 3 is 2.50 bits per heavy atom. The van der Waals surface area contributed by atoms with Gasteiger partial charge in [0.2, 0.25) is 0 Å². The first-order valence-electron chi connectivity index (χ1n) is 8.83. The van der Waals surface area contributed by atoms with Crippen LogP contribution in [-0.4, -0.2) is 33.7 Å². The Morgan fingerprint density at radius 2 is 1.88 bits per heavy atom. The van der Waals surface area contributed by atoms with Crippen molar-refractivity contribution in [1.29, 1.82) is 0 Å². The third-order valence-electron chi connectivity index (χ3n) is 4.06. The van der Waals surface area contributed by atoms with E-state index in [0.717, 1.165) is 36.5 Å². The minimum Gasteiger partial charge on any atom is -0.337 e. The number of carbonyl (C=O) groups excluding carboxylic acids is 1. The summed E-state index contributed by atoms with van der Waals surface area (Å²) >= 11 is 7.99. The normalized spacial score (nSPS) is 10.9. The second kappa shape index (κ2) is 8.52. The zero-order valence-electron chi connectivity index (χ0n) is 15.0. The van der Waals surface area contributed by atoms with Crippen LogP contribution in [0.3, 0.4) is 0 Å². The molecule has 3 rings (SSSR count). The molecule has 3 aromatic rings. The lowest BCUT2D eigenvalue weighted by molar-refractivity contribution is 0.0746. The maximum Gasteiger partial charge on any atom is 0.272 e. The number of hydrogen-bond donors (Lipinski definition) is 0. The summed E-state index contributed by atoms with van der Waals surface area (Å²) < 4.78 is 1.68. The van der Waals surface area contributed by atoms with E-state index < -0.39 is 0 Å². The molecule has 2 aromatic heterocycles. The Labute approximate surface area is 163 Å². The number of thiophene rings is 1. The first-order chi connectivity index (χ1) is 12.7. The van der Waals surface area contributed by atoms with Crippen LogP contribution >= 0.6 is 22.9 Å². The van der Waals surface area contributed by atoms with Gasteiger partial charge in [0, 0.05) is 13.1 Å². The quantitative estimate of drug-likeness (QED) is 0.535. The Balaban J connectivity index is 2.10. The zero-order valence-corrected chi connectivity index (χ0v) is 16.6. The molecule has 0 saturated heterocycles. The van der Waals surface area contributed by atoms with Gasteiger partial charge in [0.05, 0.1) is 15.6 Å². The first kappa shape index (κ1) is 18.7. The predicted octanol–water partition coefficient (Wildman–Crippen LogP) is 5.52. The fourth-order valence-electron chi connectivity index (χ4n) is 2.90. The second-order valence-corrected chi connectivity index (χ2v) is 7.40. The van der Waals surface area contributed by atoms with Gasteiger partial charge in [0.25, 0.3) is 5.91 Å². The van der Waals surface area contributed by atoms with E-state index in [9.17, 15) is 4.79 Å². The van der Waals surface area contributed by atoms with Gasteiger partial charge in [-0.15, -0.1) is 11.3 Å². The Kier molecular flexibility index (Phi) is 6.12. The zero-order chi connectivity index (χ0) is 18.5. The van der Waals surface area contributed by atoms with Crippen molar-refractivity contribution < 1.29 is 4.79 Å². The lowest BCUT2D eigenvalue weighted by Gasteiger charge is -2.21. The van der Waals surface area contributed by atoms with Crippen molar-refractivity contribution in [3.8, 4) is 16.3 Å². The Bertz CT molecular complexity index is 867. The van der Waals surface area contributed by atoms with Crippen molar-refractivity contribution in [1.82, 2.24) is 14.7 Å². The minimum absolute atomic E-state index is 0.0103. The lowest BCUT2D eigenvalue weighted by atomic mass is 10.2. The summed E-state index contributed by atoms with van der Waals surface area (Å²) in [5.41, 5.74) is 2.05. The van der Waals surface area contributed by atoms with E-state index in [2.05, 4.69) is 13.8 Å². The molecule has 2 heterocycles. The lowest BCUT2D eigenvalue weighted by Crippen LogP contribution is -2.33. The van der Waals surface area contributed by atoms with Crippen LogP contribution in [0.15, 0.2) is 47.8 Å². The van der Waals surface area contributed by atoms with Crippen LogP contribution in [-0.2, 0) is 0 Å². The van der Waals surface area contributed by atoms with Crippen molar-refractivity contribution in [2.45, 2.75) is 26.7 Å². The fraction of sp³-hybridized carbons (Fsp3) is 0.300. The monoisotopic (exact) mass is 387 g/mol. The molecule has 0 radical (unpaired) electrons. The highest BCUT2D eigenvalue weighted by atomic mass is 35.5. The van der Waals surface area contributed by atoms with Crippen LogP contribution in [0, 0.1) is 0 Å². The van der Waals surface area contributed by atoms with Crippen LogP contribution in [0.2, 0.25) is 5.02 Å². The minimum atomic E-state index is -0.0103. The van der Waals surface area contributed by atoms with Gasteiger partial charge in [-0.05, 0) is 42.5 Å². The number of amides is 1. The van der Waals surface area contributed by atoms with E-state index in [4.69, 9.17) is 16.7 Å². The van der Waals surface area contributed by atoms with Crippen molar-refractivity contribution in [3.05, 3.63) is 58.6 Å². The summed E-state index contributed by atoms with van der Waals surface area (Å²) in [6.45, 7) is 5.63. The summed E-state index contributed by atoms with van der Waals surface area (Å²) in [4.78, 5) is 16.2. The number of nitrogens with zero attached hydrogens (tertiary/aromatic N) is 3. The summed E-state index contributed by atoms with van der Waals surface area (Å²) in [6, 6.07) is 13.3. The van der Waals surface area contributed by atoms with Gasteiger partial charge in [-0.25, -0.2) is 4.68 Å². The van der Waals surface area contributed by atoms with Gasteiger partial charge in [-0.1, -0.05) is 43.6 Å². The van der Waals surface area contributed by atoms with E-state index in [-0.39, 0.29) is 5.91 Å². The maximum absolute atomic E-state index is 13.2. The van der Waals surface area contributed by atoms with Crippen LogP contribution in [0.25, 0.3) is 16.3 Å². The van der Waals surface area contributed by atoms with E-state index in [1.807, 2.05) is 52.7 Å². The molecule has 0 saturated carbocycles.